The third-order valence-electron chi connectivity index (χ3n) is 2.85. The first-order chi connectivity index (χ1) is 9.11. The van der Waals surface area contributed by atoms with Gasteiger partial charge in [-0.3, -0.25) is 10.4 Å². The van der Waals surface area contributed by atoms with Crippen LogP contribution in [-0.2, 0) is 0 Å². The Morgan fingerprint density at radius 1 is 1.26 bits per heavy atom. The fourth-order valence-electron chi connectivity index (χ4n) is 1.71. The molecule has 0 fully saturated rings. The van der Waals surface area contributed by atoms with Crippen molar-refractivity contribution in [2.24, 2.45) is 5.73 Å². The summed E-state index contributed by atoms with van der Waals surface area (Å²) in [5, 5.41) is 7.32. The Balaban J connectivity index is 2.27. The third kappa shape index (κ3) is 2.82. The van der Waals surface area contributed by atoms with Gasteiger partial charge in [-0.15, -0.1) is 0 Å². The molecule has 3 N–H and O–H groups in total. The van der Waals surface area contributed by atoms with Crippen LogP contribution in [0.25, 0.3) is 0 Å². The van der Waals surface area contributed by atoms with Crippen molar-refractivity contribution < 1.29 is 4.74 Å². The molecule has 0 aliphatic heterocycles. The van der Waals surface area contributed by atoms with Gasteiger partial charge in [0, 0.05) is 18.8 Å². The number of ether oxygens (including phenoxy) is 1. The van der Waals surface area contributed by atoms with Crippen molar-refractivity contribution in [2.75, 3.05) is 19.1 Å². The van der Waals surface area contributed by atoms with Gasteiger partial charge in [0.2, 0.25) is 0 Å². The molecule has 1 aromatic carbocycles. The summed E-state index contributed by atoms with van der Waals surface area (Å²) in [6.45, 7) is 0. The molecule has 2 rings (SSSR count). The molecule has 2 aromatic rings. The van der Waals surface area contributed by atoms with Crippen LogP contribution in [0.5, 0.6) is 5.75 Å². The molecule has 0 bridgehead atoms. The van der Waals surface area contributed by atoms with Crippen LogP contribution in [0, 0.1) is 5.41 Å². The van der Waals surface area contributed by atoms with Crippen LogP contribution in [0.15, 0.2) is 42.6 Å². The van der Waals surface area contributed by atoms with Crippen molar-refractivity contribution in [3.05, 3.63) is 48.3 Å². The average molecular weight is 256 g/mol. The summed E-state index contributed by atoms with van der Waals surface area (Å²) >= 11 is 0. The van der Waals surface area contributed by atoms with E-state index in [1.807, 2.05) is 42.3 Å². The number of aromatic nitrogens is 1. The largest absolute Gasteiger partial charge is 0.497 e. The highest BCUT2D eigenvalue weighted by molar-refractivity contribution is 5.93. The fraction of sp³-hybridized carbons (Fsp3) is 0.143. The molecule has 0 atom stereocenters. The van der Waals surface area contributed by atoms with Crippen LogP contribution in [0.3, 0.4) is 0 Å². The lowest BCUT2D eigenvalue weighted by molar-refractivity contribution is 0.415. The van der Waals surface area contributed by atoms with Gasteiger partial charge in [0.15, 0.2) is 0 Å². The summed E-state index contributed by atoms with van der Waals surface area (Å²) in [6, 6.07) is 11.4. The van der Waals surface area contributed by atoms with Gasteiger partial charge in [-0.05, 0) is 24.3 Å². The van der Waals surface area contributed by atoms with Gasteiger partial charge in [-0.2, -0.15) is 0 Å². The van der Waals surface area contributed by atoms with Crippen LogP contribution in [0.2, 0.25) is 0 Å². The molecule has 1 heterocycles. The molecule has 19 heavy (non-hydrogen) atoms. The second kappa shape index (κ2) is 5.39. The molecule has 0 unspecified atom stereocenters. The zero-order chi connectivity index (χ0) is 13.8. The predicted octanol–water partition coefficient (Wildman–Crippen LogP) is 2.14. The van der Waals surface area contributed by atoms with E-state index in [9.17, 15) is 0 Å². The summed E-state index contributed by atoms with van der Waals surface area (Å²) < 4.78 is 5.20. The zero-order valence-electron chi connectivity index (χ0n) is 10.9. The molecule has 0 radical (unpaired) electrons. The Kier molecular flexibility index (Phi) is 3.66. The third-order valence-corrected chi connectivity index (χ3v) is 2.85. The van der Waals surface area contributed by atoms with E-state index in [2.05, 4.69) is 4.98 Å². The molecule has 0 aliphatic carbocycles. The van der Waals surface area contributed by atoms with E-state index in [0.717, 1.165) is 17.1 Å². The number of benzene rings is 1. The summed E-state index contributed by atoms with van der Waals surface area (Å²) in [6.07, 6.45) is 1.69. The van der Waals surface area contributed by atoms with Crippen LogP contribution in [0.4, 0.5) is 11.4 Å². The Labute approximate surface area is 112 Å². The van der Waals surface area contributed by atoms with Gasteiger partial charge in [-0.1, -0.05) is 6.07 Å². The van der Waals surface area contributed by atoms with Gasteiger partial charge >= 0.3 is 0 Å². The van der Waals surface area contributed by atoms with Crippen molar-refractivity contribution in [1.82, 2.24) is 4.98 Å². The van der Waals surface area contributed by atoms with Crippen molar-refractivity contribution in [2.45, 2.75) is 0 Å². The first kappa shape index (κ1) is 12.9. The Morgan fingerprint density at radius 2 is 2.05 bits per heavy atom. The Morgan fingerprint density at radius 3 is 2.63 bits per heavy atom. The van der Waals surface area contributed by atoms with Crippen molar-refractivity contribution in [1.29, 1.82) is 5.41 Å². The molecule has 0 amide bonds. The number of anilines is 2. The number of amidine groups is 1. The lowest BCUT2D eigenvalue weighted by Crippen LogP contribution is -2.14. The topological polar surface area (TPSA) is 75.2 Å². The second-order valence-electron chi connectivity index (χ2n) is 4.08. The normalized spacial score (nSPS) is 10.0. The van der Waals surface area contributed by atoms with E-state index in [0.29, 0.717) is 5.69 Å². The Bertz CT molecular complexity index is 580. The molecule has 1 aromatic heterocycles. The smallest absolute Gasteiger partial charge is 0.141 e. The lowest BCUT2D eigenvalue weighted by Gasteiger charge is -2.19. The molecule has 5 nitrogen and oxygen atoms in total. The summed E-state index contributed by atoms with van der Waals surface area (Å²) in [7, 11) is 3.58. The van der Waals surface area contributed by atoms with Crippen molar-refractivity contribution >= 4 is 17.2 Å². The number of nitrogens with two attached hydrogens (primary N) is 1. The minimum Gasteiger partial charge on any atom is -0.497 e. The highest BCUT2D eigenvalue weighted by atomic mass is 16.5. The number of hydrogen-bond acceptors (Lipinski definition) is 4. The van der Waals surface area contributed by atoms with Crippen molar-refractivity contribution in [3.8, 4) is 5.75 Å². The highest BCUT2D eigenvalue weighted by Crippen LogP contribution is 2.26. The summed E-state index contributed by atoms with van der Waals surface area (Å²) in [4.78, 5) is 6.13. The molecule has 0 saturated carbocycles. The monoisotopic (exact) mass is 256 g/mol. The average Bonchev–Trinajstić information content (AvgIpc) is 2.46. The molecule has 0 spiro atoms. The number of methoxy groups -OCH3 is 1. The zero-order valence-corrected chi connectivity index (χ0v) is 10.9. The minimum absolute atomic E-state index is 0.0319. The molecule has 0 saturated heterocycles. The summed E-state index contributed by atoms with van der Waals surface area (Å²) in [5.74, 6) is 0.772. The van der Waals surface area contributed by atoms with E-state index in [1.54, 1.807) is 19.4 Å². The van der Waals surface area contributed by atoms with Gasteiger partial charge < -0.3 is 15.4 Å². The number of pyridine rings is 1. The first-order valence-corrected chi connectivity index (χ1v) is 5.80. The lowest BCUT2D eigenvalue weighted by atomic mass is 10.2. The maximum atomic E-state index is 7.32. The molecular formula is C14H16N4O. The van der Waals surface area contributed by atoms with Crippen LogP contribution in [0.1, 0.15) is 5.69 Å². The molecule has 5 heteroatoms. The number of rotatable bonds is 4. The first-order valence-electron chi connectivity index (χ1n) is 5.80. The Hall–Kier alpha value is -2.56. The molecule has 0 aliphatic rings. The van der Waals surface area contributed by atoms with Gasteiger partial charge in [-0.25, -0.2) is 0 Å². The van der Waals surface area contributed by atoms with Crippen molar-refractivity contribution in [3.63, 3.8) is 0 Å². The standard InChI is InChI=1S/C14H16N4O/c1-18(10-4-3-5-12(8-10)19-2)11-6-7-13(14(15)16)17-9-11/h3-9H,1-2H3,(H3,15,16). The fourth-order valence-corrected chi connectivity index (χ4v) is 1.71. The highest BCUT2D eigenvalue weighted by Gasteiger charge is 2.06. The van der Waals surface area contributed by atoms with Gasteiger partial charge in [0.1, 0.15) is 17.3 Å². The van der Waals surface area contributed by atoms with E-state index < -0.39 is 0 Å². The predicted molar refractivity (Wildman–Crippen MR) is 76.3 cm³/mol. The van der Waals surface area contributed by atoms with E-state index in [4.69, 9.17) is 15.9 Å². The van der Waals surface area contributed by atoms with Gasteiger partial charge in [0.25, 0.3) is 0 Å². The van der Waals surface area contributed by atoms with Crippen LogP contribution >= 0.6 is 0 Å². The number of nitrogen functional groups attached to an aromatic ring is 1. The van der Waals surface area contributed by atoms with E-state index in [-0.39, 0.29) is 5.84 Å². The number of nitrogens with one attached hydrogen (secondary N) is 1. The SMILES string of the molecule is COc1cccc(N(C)c2ccc(C(=N)N)nc2)c1. The maximum Gasteiger partial charge on any atom is 0.141 e. The maximum absolute atomic E-state index is 7.32. The van der Waals surface area contributed by atoms with Crippen LogP contribution in [-0.4, -0.2) is 25.0 Å². The van der Waals surface area contributed by atoms with E-state index in [1.165, 1.54) is 0 Å². The van der Waals surface area contributed by atoms with Gasteiger partial charge in [0.05, 0.1) is 19.0 Å². The van der Waals surface area contributed by atoms with Crippen LogP contribution < -0.4 is 15.4 Å². The minimum atomic E-state index is -0.0319. The van der Waals surface area contributed by atoms with E-state index >= 15 is 0 Å². The summed E-state index contributed by atoms with van der Waals surface area (Å²) in [5.41, 5.74) is 7.77. The number of nitrogens with zero attached hydrogens (tertiary/aromatic N) is 2. The molecular weight excluding hydrogens is 240 g/mol. The number of hydrogen-bond donors (Lipinski definition) is 2. The quantitative estimate of drug-likeness (QED) is 0.649. The second-order valence-corrected chi connectivity index (χ2v) is 4.08. The molecule has 98 valence electrons.